The van der Waals surface area contributed by atoms with E-state index < -0.39 is 6.08 Å². The Bertz CT molecular complexity index is 880. The van der Waals surface area contributed by atoms with E-state index >= 15 is 0 Å². The zero-order valence-corrected chi connectivity index (χ0v) is 13.2. The number of rotatable bonds is 6. The van der Waals surface area contributed by atoms with Crippen LogP contribution in [0.4, 0.5) is 10.2 Å². The van der Waals surface area contributed by atoms with E-state index in [2.05, 4.69) is 33.0 Å². The van der Waals surface area contributed by atoms with Crippen molar-refractivity contribution >= 4 is 17.0 Å². The number of halogens is 1. The van der Waals surface area contributed by atoms with E-state index in [0.29, 0.717) is 30.6 Å². The Hall–Kier alpha value is -2.94. The summed E-state index contributed by atoms with van der Waals surface area (Å²) in [5.41, 5.74) is 7.89. The van der Waals surface area contributed by atoms with Crippen LogP contribution in [-0.4, -0.2) is 19.5 Å². The molecule has 3 aromatic rings. The first-order valence-corrected chi connectivity index (χ1v) is 7.84. The lowest BCUT2D eigenvalue weighted by atomic mass is 10.1. The van der Waals surface area contributed by atoms with Crippen LogP contribution >= 0.6 is 0 Å². The summed E-state index contributed by atoms with van der Waals surface area (Å²) in [5.74, 6) is 3.49. The number of imidazole rings is 1. The van der Waals surface area contributed by atoms with Crippen LogP contribution in [0.5, 0.6) is 0 Å². The molecule has 6 heteroatoms. The molecule has 5 nitrogen and oxygen atoms in total. The Morgan fingerprint density at radius 3 is 2.67 bits per heavy atom. The highest BCUT2D eigenvalue weighted by Gasteiger charge is 2.16. The zero-order valence-electron chi connectivity index (χ0n) is 13.2. The van der Waals surface area contributed by atoms with Crippen LogP contribution in [0.2, 0.25) is 0 Å². The van der Waals surface area contributed by atoms with Crippen molar-refractivity contribution in [3.8, 4) is 12.3 Å². The molecule has 0 amide bonds. The molecule has 0 saturated heterocycles. The van der Waals surface area contributed by atoms with Crippen LogP contribution in [-0.2, 0) is 19.4 Å². The highest BCUT2D eigenvalue weighted by atomic mass is 19.1. The minimum absolute atomic E-state index is 0.0640. The van der Waals surface area contributed by atoms with Crippen molar-refractivity contribution in [1.82, 2.24) is 19.5 Å². The van der Waals surface area contributed by atoms with Gasteiger partial charge in [0, 0.05) is 19.4 Å². The van der Waals surface area contributed by atoms with Crippen LogP contribution in [0.1, 0.15) is 24.2 Å². The number of nitrogens with two attached hydrogens (primary N) is 1. The first-order chi connectivity index (χ1) is 11.7. The molecule has 2 aromatic heterocycles. The number of benzene rings is 1. The number of nitrogens with zero attached hydrogens (tertiary/aromatic N) is 4. The molecule has 0 aliphatic carbocycles. The number of hydrogen-bond acceptors (Lipinski definition) is 4. The van der Waals surface area contributed by atoms with E-state index in [1.165, 1.54) is 5.56 Å². The standard InChI is InChI=1S/C18H18FN5/c1-2-3-7-12-24-14(11-10-13-8-5-4-6-9-13)21-15-16(20)22-18(19)23-17(15)24/h1,4-6,8-9H,3,7,10-12H2,(H2,20,22,23). The highest BCUT2D eigenvalue weighted by molar-refractivity contribution is 5.81. The van der Waals surface area contributed by atoms with Gasteiger partial charge >= 0.3 is 6.08 Å². The van der Waals surface area contributed by atoms with Gasteiger partial charge in [0.1, 0.15) is 5.82 Å². The topological polar surface area (TPSA) is 69.6 Å². The van der Waals surface area contributed by atoms with Crippen molar-refractivity contribution in [3.63, 3.8) is 0 Å². The molecule has 0 radical (unpaired) electrons. The monoisotopic (exact) mass is 323 g/mol. The largest absolute Gasteiger partial charge is 0.382 e. The van der Waals surface area contributed by atoms with Crippen LogP contribution < -0.4 is 5.73 Å². The summed E-state index contributed by atoms with van der Waals surface area (Å²) in [6.45, 7) is 0.626. The van der Waals surface area contributed by atoms with Crippen molar-refractivity contribution in [2.75, 3.05) is 5.73 Å². The van der Waals surface area contributed by atoms with Crippen molar-refractivity contribution in [3.05, 3.63) is 47.8 Å². The van der Waals surface area contributed by atoms with Gasteiger partial charge in [0.15, 0.2) is 17.0 Å². The van der Waals surface area contributed by atoms with E-state index in [1.54, 1.807) is 0 Å². The van der Waals surface area contributed by atoms with Gasteiger partial charge in [-0.3, -0.25) is 0 Å². The molecule has 0 spiro atoms. The van der Waals surface area contributed by atoms with Crippen LogP contribution in [0.15, 0.2) is 30.3 Å². The molecule has 122 valence electrons. The van der Waals surface area contributed by atoms with Gasteiger partial charge in [-0.15, -0.1) is 12.3 Å². The molecule has 1 aromatic carbocycles. The summed E-state index contributed by atoms with van der Waals surface area (Å²) in [4.78, 5) is 12.0. The zero-order chi connectivity index (χ0) is 16.9. The molecule has 2 heterocycles. The lowest BCUT2D eigenvalue weighted by Gasteiger charge is -2.08. The fourth-order valence-corrected chi connectivity index (χ4v) is 2.71. The van der Waals surface area contributed by atoms with Gasteiger partial charge in [-0.05, 0) is 18.4 Å². The highest BCUT2D eigenvalue weighted by Crippen LogP contribution is 2.21. The van der Waals surface area contributed by atoms with Gasteiger partial charge in [0.2, 0.25) is 0 Å². The minimum atomic E-state index is -0.840. The molecule has 0 aliphatic heterocycles. The Labute approximate surface area is 139 Å². The molecule has 0 aliphatic rings. The second-order valence-electron chi connectivity index (χ2n) is 5.52. The summed E-state index contributed by atoms with van der Waals surface area (Å²) in [5, 5.41) is 0. The van der Waals surface area contributed by atoms with Gasteiger partial charge in [0.05, 0.1) is 0 Å². The number of hydrogen-bond donors (Lipinski definition) is 1. The van der Waals surface area contributed by atoms with Gasteiger partial charge in [-0.1, -0.05) is 30.3 Å². The molecule has 3 rings (SSSR count). The molecule has 24 heavy (non-hydrogen) atoms. The molecular formula is C18H18FN5. The number of terminal acetylenes is 1. The van der Waals surface area contributed by atoms with Crippen molar-refractivity contribution in [2.45, 2.75) is 32.2 Å². The predicted octanol–water partition coefficient (Wildman–Crippen LogP) is 2.75. The quantitative estimate of drug-likeness (QED) is 0.430. The maximum atomic E-state index is 13.6. The molecule has 0 atom stereocenters. The van der Waals surface area contributed by atoms with Crippen molar-refractivity contribution < 1.29 is 4.39 Å². The van der Waals surface area contributed by atoms with Gasteiger partial charge in [-0.25, -0.2) is 4.98 Å². The third-order valence-electron chi connectivity index (χ3n) is 3.86. The summed E-state index contributed by atoms with van der Waals surface area (Å²) in [6.07, 6.45) is 7.42. The molecular weight excluding hydrogens is 305 g/mol. The third-order valence-corrected chi connectivity index (χ3v) is 3.86. The fourth-order valence-electron chi connectivity index (χ4n) is 2.71. The van der Waals surface area contributed by atoms with E-state index in [-0.39, 0.29) is 5.82 Å². The number of unbranched alkanes of at least 4 members (excludes halogenated alkanes) is 1. The first kappa shape index (κ1) is 15.9. The molecule has 0 fully saturated rings. The second kappa shape index (κ2) is 7.09. The lowest BCUT2D eigenvalue weighted by molar-refractivity contribution is 0.540. The molecule has 0 unspecified atom stereocenters. The number of nitrogen functional groups attached to an aromatic ring is 1. The third kappa shape index (κ3) is 3.35. The summed E-state index contributed by atoms with van der Waals surface area (Å²) in [7, 11) is 0. The average molecular weight is 323 g/mol. The summed E-state index contributed by atoms with van der Waals surface area (Å²) < 4.78 is 15.4. The molecule has 0 saturated carbocycles. The Balaban J connectivity index is 1.94. The van der Waals surface area contributed by atoms with E-state index in [9.17, 15) is 4.39 Å². The maximum absolute atomic E-state index is 13.6. The summed E-state index contributed by atoms with van der Waals surface area (Å²) >= 11 is 0. The normalized spacial score (nSPS) is 10.8. The lowest BCUT2D eigenvalue weighted by Crippen LogP contribution is -2.07. The molecule has 2 N–H and O–H groups in total. The van der Waals surface area contributed by atoms with E-state index in [4.69, 9.17) is 12.2 Å². The van der Waals surface area contributed by atoms with E-state index in [0.717, 1.165) is 18.7 Å². The van der Waals surface area contributed by atoms with Crippen LogP contribution in [0.25, 0.3) is 11.2 Å². The van der Waals surface area contributed by atoms with Gasteiger partial charge in [0.25, 0.3) is 0 Å². The minimum Gasteiger partial charge on any atom is -0.382 e. The number of anilines is 1. The predicted molar refractivity (Wildman–Crippen MR) is 91.6 cm³/mol. The fraction of sp³-hybridized carbons (Fsp3) is 0.278. The van der Waals surface area contributed by atoms with Gasteiger partial charge < -0.3 is 10.3 Å². The average Bonchev–Trinajstić information content (AvgIpc) is 2.92. The number of fused-ring (bicyclic) bond motifs is 1. The Morgan fingerprint density at radius 2 is 1.92 bits per heavy atom. The van der Waals surface area contributed by atoms with E-state index in [1.807, 2.05) is 22.8 Å². The molecule has 0 bridgehead atoms. The van der Waals surface area contributed by atoms with Crippen LogP contribution in [0, 0.1) is 18.4 Å². The Morgan fingerprint density at radius 1 is 1.12 bits per heavy atom. The number of aromatic nitrogens is 4. The van der Waals surface area contributed by atoms with Gasteiger partial charge in [-0.2, -0.15) is 14.4 Å². The van der Waals surface area contributed by atoms with Crippen LogP contribution in [0.3, 0.4) is 0 Å². The van der Waals surface area contributed by atoms with Crippen molar-refractivity contribution in [1.29, 1.82) is 0 Å². The SMILES string of the molecule is C#CCCCn1c(CCc2ccccc2)nc2c(N)nc(F)nc21. The second-order valence-corrected chi connectivity index (χ2v) is 5.52. The maximum Gasteiger partial charge on any atom is 0.312 e. The smallest absolute Gasteiger partial charge is 0.312 e. The Kier molecular flexibility index (Phi) is 4.71. The van der Waals surface area contributed by atoms with Crippen molar-refractivity contribution in [2.24, 2.45) is 0 Å². The summed E-state index contributed by atoms with van der Waals surface area (Å²) in [6, 6.07) is 10.1. The number of aryl methyl sites for hydroxylation is 3. The first-order valence-electron chi connectivity index (χ1n) is 7.84.